The number of nitrogens with zero attached hydrogens (tertiary/aromatic N) is 2. The number of likely N-dealkylation sites (tertiary alicyclic amines) is 1. The molecule has 1 saturated heterocycles. The predicted octanol–water partition coefficient (Wildman–Crippen LogP) is 3.13. The Morgan fingerprint density at radius 3 is 2.48 bits per heavy atom. The average Bonchev–Trinajstić information content (AvgIpc) is 3.18. The van der Waals surface area contributed by atoms with Crippen LogP contribution in [0.3, 0.4) is 0 Å². The van der Waals surface area contributed by atoms with Gasteiger partial charge in [-0.1, -0.05) is 36.4 Å². The van der Waals surface area contributed by atoms with Crippen LogP contribution in [0.4, 0.5) is 5.69 Å². The molecule has 2 aromatic rings. The second kappa shape index (κ2) is 9.73. The first kappa shape index (κ1) is 21.8. The molecule has 1 aliphatic rings. The predicted molar refractivity (Wildman–Crippen MR) is 119 cm³/mol. The number of rotatable bonds is 8. The molecule has 3 rings (SSSR count). The molecule has 1 amide bonds. The second-order valence-electron chi connectivity index (χ2n) is 7.30. The van der Waals surface area contributed by atoms with Crippen LogP contribution in [0.2, 0.25) is 0 Å². The molecule has 1 heterocycles. The fraction of sp³-hybridized carbons (Fsp3) is 0.381. The molecular weight excluding hydrogens is 454 g/mol. The van der Waals surface area contributed by atoms with E-state index in [0.29, 0.717) is 16.7 Å². The number of carbonyl (C=O) groups is 1. The Bertz CT molecular complexity index is 959. The Balaban J connectivity index is 1.61. The standard InChI is InChI=1S/C21H26BrN3O3S/c1-29(27,28)25(20-10-3-2-9-19(20)22)16-21(26)23-14-17-7-6-8-18(13-17)15-24-11-4-5-12-24/h2-3,6-10,13H,4-5,11-12,14-16H2,1H3,(H,23,26). The molecule has 0 saturated carbocycles. The highest BCUT2D eigenvalue weighted by atomic mass is 79.9. The van der Waals surface area contributed by atoms with E-state index in [1.807, 2.05) is 12.1 Å². The lowest BCUT2D eigenvalue weighted by molar-refractivity contribution is -0.119. The van der Waals surface area contributed by atoms with Gasteiger partial charge in [-0.15, -0.1) is 0 Å². The SMILES string of the molecule is CS(=O)(=O)N(CC(=O)NCc1cccc(CN2CCCC2)c1)c1ccccc1Br. The van der Waals surface area contributed by atoms with Crippen LogP contribution >= 0.6 is 15.9 Å². The van der Waals surface area contributed by atoms with Gasteiger partial charge >= 0.3 is 0 Å². The highest BCUT2D eigenvalue weighted by Crippen LogP contribution is 2.27. The summed E-state index contributed by atoms with van der Waals surface area (Å²) >= 11 is 3.36. The molecule has 0 radical (unpaired) electrons. The van der Waals surface area contributed by atoms with Crippen molar-refractivity contribution in [3.63, 3.8) is 0 Å². The maximum atomic E-state index is 12.5. The fourth-order valence-corrected chi connectivity index (χ4v) is 4.94. The van der Waals surface area contributed by atoms with Crippen molar-refractivity contribution < 1.29 is 13.2 Å². The number of hydrogen-bond donors (Lipinski definition) is 1. The van der Waals surface area contributed by atoms with Crippen LogP contribution in [-0.2, 0) is 27.9 Å². The molecule has 0 atom stereocenters. The number of hydrogen-bond acceptors (Lipinski definition) is 4. The zero-order valence-electron chi connectivity index (χ0n) is 16.5. The molecule has 0 aliphatic carbocycles. The molecule has 1 fully saturated rings. The summed E-state index contributed by atoms with van der Waals surface area (Å²) in [6.45, 7) is 3.29. The van der Waals surface area contributed by atoms with Crippen LogP contribution in [0.1, 0.15) is 24.0 Å². The zero-order chi connectivity index (χ0) is 20.9. The van der Waals surface area contributed by atoms with E-state index < -0.39 is 10.0 Å². The average molecular weight is 480 g/mol. The van der Waals surface area contributed by atoms with Crippen molar-refractivity contribution in [2.24, 2.45) is 0 Å². The Labute approximate surface area is 181 Å². The van der Waals surface area contributed by atoms with Crippen LogP contribution in [0.25, 0.3) is 0 Å². The molecule has 6 nitrogen and oxygen atoms in total. The van der Waals surface area contributed by atoms with Gasteiger partial charge in [-0.2, -0.15) is 0 Å². The van der Waals surface area contributed by atoms with E-state index in [0.717, 1.165) is 35.8 Å². The van der Waals surface area contributed by atoms with Crippen LogP contribution < -0.4 is 9.62 Å². The van der Waals surface area contributed by atoms with Gasteiger partial charge in [-0.05, 0) is 65.1 Å². The third-order valence-corrected chi connectivity index (χ3v) is 6.69. The number of benzene rings is 2. The molecule has 29 heavy (non-hydrogen) atoms. The molecule has 1 aliphatic heterocycles. The summed E-state index contributed by atoms with van der Waals surface area (Å²) in [6.07, 6.45) is 3.61. The summed E-state index contributed by atoms with van der Waals surface area (Å²) in [5.41, 5.74) is 2.67. The first-order valence-corrected chi connectivity index (χ1v) is 12.3. The van der Waals surface area contributed by atoms with Crippen molar-refractivity contribution in [3.8, 4) is 0 Å². The van der Waals surface area contributed by atoms with E-state index in [2.05, 4.69) is 38.3 Å². The third kappa shape index (κ3) is 6.29. The van der Waals surface area contributed by atoms with Gasteiger partial charge in [0.1, 0.15) is 6.54 Å². The monoisotopic (exact) mass is 479 g/mol. The zero-order valence-corrected chi connectivity index (χ0v) is 18.9. The highest BCUT2D eigenvalue weighted by Gasteiger charge is 2.22. The van der Waals surface area contributed by atoms with Gasteiger partial charge in [-0.3, -0.25) is 14.0 Å². The Hall–Kier alpha value is -1.90. The van der Waals surface area contributed by atoms with Crippen molar-refractivity contribution >= 4 is 37.5 Å². The van der Waals surface area contributed by atoms with Crippen LogP contribution in [0.15, 0.2) is 53.0 Å². The van der Waals surface area contributed by atoms with Crippen molar-refractivity contribution in [2.75, 3.05) is 30.2 Å². The molecule has 0 aromatic heterocycles. The summed E-state index contributed by atoms with van der Waals surface area (Å²) < 4.78 is 26.2. The summed E-state index contributed by atoms with van der Waals surface area (Å²) in [4.78, 5) is 14.9. The maximum Gasteiger partial charge on any atom is 0.241 e. The molecular formula is C21H26BrN3O3S. The van der Waals surface area contributed by atoms with Gasteiger partial charge in [0.05, 0.1) is 11.9 Å². The summed E-state index contributed by atoms with van der Waals surface area (Å²) in [5, 5.41) is 2.84. The molecule has 156 valence electrons. The minimum absolute atomic E-state index is 0.269. The molecule has 8 heteroatoms. The number of anilines is 1. The molecule has 0 spiro atoms. The quantitative estimate of drug-likeness (QED) is 0.631. The lowest BCUT2D eigenvalue weighted by atomic mass is 10.1. The molecule has 1 N–H and O–H groups in total. The van der Waals surface area contributed by atoms with E-state index in [1.54, 1.807) is 24.3 Å². The summed E-state index contributed by atoms with van der Waals surface area (Å²) in [6, 6.07) is 15.1. The minimum atomic E-state index is -3.60. The van der Waals surface area contributed by atoms with Crippen molar-refractivity contribution in [1.29, 1.82) is 0 Å². The maximum absolute atomic E-state index is 12.5. The van der Waals surface area contributed by atoms with Crippen LogP contribution in [0, 0.1) is 0 Å². The van der Waals surface area contributed by atoms with Gasteiger partial charge < -0.3 is 5.32 Å². The number of amides is 1. The topological polar surface area (TPSA) is 69.7 Å². The van der Waals surface area contributed by atoms with E-state index >= 15 is 0 Å². The first-order chi connectivity index (χ1) is 13.8. The first-order valence-electron chi connectivity index (χ1n) is 9.62. The Kier molecular flexibility index (Phi) is 7.32. The second-order valence-corrected chi connectivity index (χ2v) is 10.1. The number of nitrogens with one attached hydrogen (secondary N) is 1. The van der Waals surface area contributed by atoms with E-state index in [1.165, 1.54) is 18.4 Å². The highest BCUT2D eigenvalue weighted by molar-refractivity contribution is 9.10. The van der Waals surface area contributed by atoms with E-state index in [9.17, 15) is 13.2 Å². The van der Waals surface area contributed by atoms with Crippen LogP contribution in [0.5, 0.6) is 0 Å². The van der Waals surface area contributed by atoms with Crippen molar-refractivity contribution in [1.82, 2.24) is 10.2 Å². The normalized spacial score (nSPS) is 14.7. The van der Waals surface area contributed by atoms with Crippen molar-refractivity contribution in [2.45, 2.75) is 25.9 Å². The van der Waals surface area contributed by atoms with E-state index in [-0.39, 0.29) is 12.5 Å². The van der Waals surface area contributed by atoms with Gasteiger partial charge in [0, 0.05) is 17.6 Å². The van der Waals surface area contributed by atoms with E-state index in [4.69, 9.17) is 0 Å². The smallest absolute Gasteiger partial charge is 0.241 e. The Morgan fingerprint density at radius 1 is 1.10 bits per heavy atom. The number of para-hydroxylation sites is 1. The molecule has 0 unspecified atom stereocenters. The van der Waals surface area contributed by atoms with Gasteiger partial charge in [0.15, 0.2) is 0 Å². The lowest BCUT2D eigenvalue weighted by Gasteiger charge is -2.23. The minimum Gasteiger partial charge on any atom is -0.350 e. The Morgan fingerprint density at radius 2 is 1.79 bits per heavy atom. The number of halogens is 1. The number of sulfonamides is 1. The van der Waals surface area contributed by atoms with Gasteiger partial charge in [-0.25, -0.2) is 8.42 Å². The molecule has 2 aromatic carbocycles. The van der Waals surface area contributed by atoms with Gasteiger partial charge in [0.25, 0.3) is 0 Å². The summed E-state index contributed by atoms with van der Waals surface area (Å²) in [7, 11) is -3.60. The lowest BCUT2D eigenvalue weighted by Crippen LogP contribution is -2.40. The third-order valence-electron chi connectivity index (χ3n) is 4.89. The summed E-state index contributed by atoms with van der Waals surface area (Å²) in [5.74, 6) is -0.351. The largest absolute Gasteiger partial charge is 0.350 e. The fourth-order valence-electron chi connectivity index (χ4n) is 3.46. The van der Waals surface area contributed by atoms with Crippen LogP contribution in [-0.4, -0.2) is 45.1 Å². The number of carbonyl (C=O) groups excluding carboxylic acids is 1. The van der Waals surface area contributed by atoms with Gasteiger partial charge in [0.2, 0.25) is 15.9 Å². The molecule has 0 bridgehead atoms. The van der Waals surface area contributed by atoms with Crippen molar-refractivity contribution in [3.05, 3.63) is 64.1 Å².